The molecule has 20 heavy (non-hydrogen) atoms. The highest BCUT2D eigenvalue weighted by Crippen LogP contribution is 2.21. The molecule has 0 aliphatic heterocycles. The molecule has 0 bridgehead atoms. The molecule has 1 N–H and O–H groups in total. The highest BCUT2D eigenvalue weighted by Gasteiger charge is 2.19. The second kappa shape index (κ2) is 5.98. The van der Waals surface area contributed by atoms with E-state index in [1.807, 2.05) is 0 Å². The third-order valence-corrected chi connectivity index (χ3v) is 4.01. The lowest BCUT2D eigenvalue weighted by Gasteiger charge is -2.10. The highest BCUT2D eigenvalue weighted by atomic mass is 15.1. The molecule has 3 nitrogen and oxygen atoms in total. The quantitative estimate of drug-likeness (QED) is 0.835. The summed E-state index contributed by atoms with van der Waals surface area (Å²) in [5.41, 5.74) is 2.76. The van der Waals surface area contributed by atoms with Gasteiger partial charge in [0.05, 0.1) is 0 Å². The van der Waals surface area contributed by atoms with Gasteiger partial charge in [0.1, 0.15) is 0 Å². The molecule has 1 aromatic heterocycles. The van der Waals surface area contributed by atoms with Crippen molar-refractivity contribution in [1.82, 2.24) is 14.8 Å². The van der Waals surface area contributed by atoms with Crippen molar-refractivity contribution >= 4 is 10.9 Å². The molecule has 1 aliphatic rings. The van der Waals surface area contributed by atoms with E-state index in [0.717, 1.165) is 25.7 Å². The molecule has 0 saturated heterocycles. The van der Waals surface area contributed by atoms with Crippen LogP contribution in [0.3, 0.4) is 0 Å². The van der Waals surface area contributed by atoms with Gasteiger partial charge in [0.25, 0.3) is 0 Å². The zero-order valence-corrected chi connectivity index (χ0v) is 12.6. The third kappa shape index (κ3) is 3.41. The zero-order valence-electron chi connectivity index (χ0n) is 12.6. The Hall–Kier alpha value is -1.32. The van der Waals surface area contributed by atoms with Crippen molar-refractivity contribution in [1.29, 1.82) is 0 Å². The van der Waals surface area contributed by atoms with Crippen LogP contribution in [-0.2, 0) is 13.1 Å². The van der Waals surface area contributed by atoms with Gasteiger partial charge in [-0.2, -0.15) is 0 Å². The number of fused-ring (bicyclic) bond motifs is 1. The molecule has 3 rings (SSSR count). The molecular weight excluding hydrogens is 246 g/mol. The van der Waals surface area contributed by atoms with Gasteiger partial charge >= 0.3 is 0 Å². The van der Waals surface area contributed by atoms with Crippen LogP contribution >= 0.6 is 0 Å². The van der Waals surface area contributed by atoms with Crippen molar-refractivity contribution in [2.75, 3.05) is 20.6 Å². The Bertz CT molecular complexity index is 567. The monoisotopic (exact) mass is 271 g/mol. The molecule has 0 atom stereocenters. The Morgan fingerprint density at radius 2 is 2.10 bits per heavy atom. The minimum Gasteiger partial charge on any atom is -0.347 e. The fraction of sp³-hybridized carbons (Fsp3) is 0.529. The zero-order chi connectivity index (χ0) is 13.9. The van der Waals surface area contributed by atoms with Crippen LogP contribution in [0.4, 0.5) is 0 Å². The minimum absolute atomic E-state index is 0.779. The largest absolute Gasteiger partial charge is 0.347 e. The summed E-state index contributed by atoms with van der Waals surface area (Å²) in [6, 6.07) is 9.88. The Kier molecular flexibility index (Phi) is 4.08. The van der Waals surface area contributed by atoms with Gasteiger partial charge in [0.15, 0.2) is 0 Å². The van der Waals surface area contributed by atoms with E-state index in [0.29, 0.717) is 0 Å². The fourth-order valence-corrected chi connectivity index (χ4v) is 2.66. The van der Waals surface area contributed by atoms with Crippen molar-refractivity contribution in [3.8, 4) is 0 Å². The van der Waals surface area contributed by atoms with Gasteiger partial charge in [-0.25, -0.2) is 0 Å². The maximum atomic E-state index is 3.58. The maximum Gasteiger partial charge on any atom is 0.0480 e. The summed E-state index contributed by atoms with van der Waals surface area (Å²) >= 11 is 0. The maximum absolute atomic E-state index is 3.58. The first kappa shape index (κ1) is 13.7. The molecule has 0 radical (unpaired) electrons. The lowest BCUT2D eigenvalue weighted by molar-refractivity contribution is 0.388. The average Bonchev–Trinajstić information content (AvgIpc) is 3.17. The number of benzene rings is 1. The van der Waals surface area contributed by atoms with Crippen LogP contribution in [0.15, 0.2) is 30.5 Å². The number of rotatable bonds is 7. The van der Waals surface area contributed by atoms with Gasteiger partial charge in [-0.05, 0) is 69.1 Å². The van der Waals surface area contributed by atoms with Crippen molar-refractivity contribution < 1.29 is 0 Å². The summed E-state index contributed by atoms with van der Waals surface area (Å²) in [5, 5.41) is 4.94. The lowest BCUT2D eigenvalue weighted by Crippen LogP contribution is -2.15. The molecule has 108 valence electrons. The van der Waals surface area contributed by atoms with E-state index in [1.54, 1.807) is 0 Å². The van der Waals surface area contributed by atoms with Gasteiger partial charge in [0.2, 0.25) is 0 Å². The van der Waals surface area contributed by atoms with Crippen LogP contribution in [0.5, 0.6) is 0 Å². The van der Waals surface area contributed by atoms with Crippen LogP contribution in [0, 0.1) is 0 Å². The van der Waals surface area contributed by atoms with Crippen molar-refractivity contribution in [2.24, 2.45) is 0 Å². The molecule has 1 aliphatic carbocycles. The van der Waals surface area contributed by atoms with E-state index in [9.17, 15) is 0 Å². The van der Waals surface area contributed by atoms with E-state index in [2.05, 4.69) is 59.3 Å². The van der Waals surface area contributed by atoms with Crippen LogP contribution < -0.4 is 5.32 Å². The number of aryl methyl sites for hydroxylation is 1. The van der Waals surface area contributed by atoms with Gasteiger partial charge in [-0.1, -0.05) is 6.07 Å². The predicted molar refractivity (Wildman–Crippen MR) is 85.0 cm³/mol. The summed E-state index contributed by atoms with van der Waals surface area (Å²) < 4.78 is 2.37. The molecule has 2 aromatic rings. The summed E-state index contributed by atoms with van der Waals surface area (Å²) in [7, 11) is 4.26. The molecule has 0 amide bonds. The SMILES string of the molecule is CN(C)CCCn1ccc2cc(CNC3CC3)ccc21. The van der Waals surface area contributed by atoms with Gasteiger partial charge < -0.3 is 14.8 Å². The van der Waals surface area contributed by atoms with Crippen molar-refractivity contribution in [3.05, 3.63) is 36.0 Å². The molecular formula is C17H25N3. The summed E-state index contributed by atoms with van der Waals surface area (Å²) in [4.78, 5) is 2.24. The normalized spacial score (nSPS) is 15.3. The fourth-order valence-electron chi connectivity index (χ4n) is 2.66. The standard InChI is InChI=1S/C17H25N3/c1-19(2)9-3-10-20-11-8-15-12-14(4-7-17(15)20)13-18-16-5-6-16/h4,7-8,11-12,16,18H,3,5-6,9-10,13H2,1-2H3. The first-order valence-corrected chi connectivity index (χ1v) is 7.68. The molecule has 3 heteroatoms. The number of nitrogens with zero attached hydrogens (tertiary/aromatic N) is 2. The second-order valence-corrected chi connectivity index (χ2v) is 6.21. The average molecular weight is 271 g/mol. The van der Waals surface area contributed by atoms with Gasteiger partial charge in [-0.15, -0.1) is 0 Å². The second-order valence-electron chi connectivity index (χ2n) is 6.21. The van der Waals surface area contributed by atoms with E-state index in [-0.39, 0.29) is 0 Å². The number of aromatic nitrogens is 1. The Balaban J connectivity index is 1.65. The topological polar surface area (TPSA) is 20.2 Å². The van der Waals surface area contributed by atoms with Gasteiger partial charge in [-0.3, -0.25) is 0 Å². The molecule has 1 aromatic carbocycles. The highest BCUT2D eigenvalue weighted by molar-refractivity contribution is 5.80. The van der Waals surface area contributed by atoms with Crippen molar-refractivity contribution in [3.63, 3.8) is 0 Å². The first-order valence-electron chi connectivity index (χ1n) is 7.68. The Labute approximate surface area is 121 Å². The smallest absolute Gasteiger partial charge is 0.0480 e. The van der Waals surface area contributed by atoms with Crippen LogP contribution in [0.2, 0.25) is 0 Å². The minimum atomic E-state index is 0.779. The molecule has 1 saturated carbocycles. The number of nitrogens with one attached hydrogen (secondary N) is 1. The first-order chi connectivity index (χ1) is 9.72. The van der Waals surface area contributed by atoms with E-state index < -0.39 is 0 Å². The van der Waals surface area contributed by atoms with Crippen LogP contribution in [0.1, 0.15) is 24.8 Å². The third-order valence-electron chi connectivity index (χ3n) is 4.01. The van der Waals surface area contributed by atoms with E-state index >= 15 is 0 Å². The van der Waals surface area contributed by atoms with Gasteiger partial charge in [0, 0.05) is 30.8 Å². The lowest BCUT2D eigenvalue weighted by atomic mass is 10.1. The predicted octanol–water partition coefficient (Wildman–Crippen LogP) is 2.85. The van der Waals surface area contributed by atoms with E-state index in [1.165, 1.54) is 35.7 Å². The van der Waals surface area contributed by atoms with Crippen molar-refractivity contribution in [2.45, 2.75) is 38.4 Å². The summed E-state index contributed by atoms with van der Waals surface area (Å²) in [6.45, 7) is 3.25. The summed E-state index contributed by atoms with van der Waals surface area (Å²) in [6.07, 6.45) is 6.12. The molecule has 1 fully saturated rings. The Morgan fingerprint density at radius 3 is 2.85 bits per heavy atom. The number of hydrogen-bond acceptors (Lipinski definition) is 2. The Morgan fingerprint density at radius 1 is 1.25 bits per heavy atom. The number of hydrogen-bond donors (Lipinski definition) is 1. The van der Waals surface area contributed by atoms with E-state index in [4.69, 9.17) is 0 Å². The molecule has 0 spiro atoms. The van der Waals surface area contributed by atoms with Crippen LogP contribution in [0.25, 0.3) is 10.9 Å². The molecule has 0 unspecified atom stereocenters. The summed E-state index contributed by atoms with van der Waals surface area (Å²) in [5.74, 6) is 0. The molecule has 1 heterocycles. The van der Waals surface area contributed by atoms with Crippen LogP contribution in [-0.4, -0.2) is 36.1 Å².